The summed E-state index contributed by atoms with van der Waals surface area (Å²) in [5.74, 6) is 2.36. The fourth-order valence-corrected chi connectivity index (χ4v) is 3.92. The second kappa shape index (κ2) is 9.70. The number of halogens is 1. The Morgan fingerprint density at radius 2 is 1.61 bits per heavy atom. The molecule has 31 heavy (non-hydrogen) atoms. The van der Waals surface area contributed by atoms with Crippen LogP contribution in [0.2, 0.25) is 5.02 Å². The van der Waals surface area contributed by atoms with Crippen LogP contribution >= 0.6 is 11.6 Å². The SMILES string of the molecule is Cc1cc(N2CCN(C)CC2)nc(N2CCN(C(=O)COc3ccc(Cl)cc3)CC2)n1. The predicted octanol–water partition coefficient (Wildman–Crippen LogP) is 1.92. The molecule has 166 valence electrons. The summed E-state index contributed by atoms with van der Waals surface area (Å²) in [6.45, 7) is 8.73. The summed E-state index contributed by atoms with van der Waals surface area (Å²) >= 11 is 5.88. The maximum absolute atomic E-state index is 12.5. The molecule has 0 spiro atoms. The van der Waals surface area contributed by atoms with Crippen LogP contribution in [0.5, 0.6) is 5.75 Å². The smallest absolute Gasteiger partial charge is 0.260 e. The lowest BCUT2D eigenvalue weighted by Crippen LogP contribution is -2.50. The van der Waals surface area contributed by atoms with Crippen LogP contribution in [0.25, 0.3) is 0 Å². The molecule has 4 rings (SSSR count). The average Bonchev–Trinajstić information content (AvgIpc) is 2.78. The van der Waals surface area contributed by atoms with Crippen LogP contribution in [0.4, 0.5) is 11.8 Å². The molecule has 1 amide bonds. The molecule has 0 unspecified atom stereocenters. The van der Waals surface area contributed by atoms with Gasteiger partial charge >= 0.3 is 0 Å². The van der Waals surface area contributed by atoms with Crippen LogP contribution in [0.15, 0.2) is 30.3 Å². The Balaban J connectivity index is 1.32. The Kier molecular flexibility index (Phi) is 6.77. The van der Waals surface area contributed by atoms with E-state index in [1.165, 1.54) is 0 Å². The van der Waals surface area contributed by atoms with E-state index in [0.717, 1.165) is 43.6 Å². The third-order valence-electron chi connectivity index (χ3n) is 5.75. The molecule has 8 nitrogen and oxygen atoms in total. The predicted molar refractivity (Wildman–Crippen MR) is 122 cm³/mol. The summed E-state index contributed by atoms with van der Waals surface area (Å²) in [5, 5.41) is 0.643. The normalized spacial score (nSPS) is 17.7. The van der Waals surface area contributed by atoms with Gasteiger partial charge in [0.05, 0.1) is 0 Å². The standard InChI is InChI=1S/C22H29ClN6O2/c1-17-15-20(27-9-7-26(2)8-10-27)25-22(24-17)29-13-11-28(12-14-29)21(30)16-31-19-5-3-18(23)4-6-19/h3-6,15H,7-14,16H2,1-2H3. The zero-order chi connectivity index (χ0) is 21.8. The van der Waals surface area contributed by atoms with Gasteiger partial charge in [0.25, 0.3) is 5.91 Å². The Labute approximate surface area is 188 Å². The van der Waals surface area contributed by atoms with Crippen LogP contribution in [-0.2, 0) is 4.79 Å². The molecule has 1 aromatic carbocycles. The highest BCUT2D eigenvalue weighted by Gasteiger charge is 2.24. The van der Waals surface area contributed by atoms with Crippen molar-refractivity contribution in [3.63, 3.8) is 0 Å². The molecule has 2 aliphatic heterocycles. The Morgan fingerprint density at radius 1 is 0.968 bits per heavy atom. The third kappa shape index (κ3) is 5.57. The number of benzene rings is 1. The molecule has 2 saturated heterocycles. The van der Waals surface area contributed by atoms with Gasteiger partial charge in [-0.3, -0.25) is 4.79 Å². The number of carbonyl (C=O) groups is 1. The number of anilines is 2. The van der Waals surface area contributed by atoms with Crippen molar-refractivity contribution in [3.8, 4) is 5.75 Å². The van der Waals surface area contributed by atoms with Gasteiger partial charge in [0.1, 0.15) is 11.6 Å². The Bertz CT molecular complexity index is 893. The topological polar surface area (TPSA) is 65.0 Å². The van der Waals surface area contributed by atoms with Crippen molar-refractivity contribution in [2.24, 2.45) is 0 Å². The van der Waals surface area contributed by atoms with E-state index in [4.69, 9.17) is 21.3 Å². The first-order chi connectivity index (χ1) is 15.0. The lowest BCUT2D eigenvalue weighted by molar-refractivity contribution is -0.133. The summed E-state index contributed by atoms with van der Waals surface area (Å²) in [4.78, 5) is 30.7. The molecule has 2 fully saturated rings. The number of piperazine rings is 2. The molecule has 0 radical (unpaired) electrons. The summed E-state index contributed by atoms with van der Waals surface area (Å²) < 4.78 is 5.60. The van der Waals surface area contributed by atoms with Crippen molar-refractivity contribution < 1.29 is 9.53 Å². The highest BCUT2D eigenvalue weighted by atomic mass is 35.5. The van der Waals surface area contributed by atoms with Crippen molar-refractivity contribution in [1.29, 1.82) is 0 Å². The van der Waals surface area contributed by atoms with E-state index in [1.807, 2.05) is 11.8 Å². The monoisotopic (exact) mass is 444 g/mol. The molecule has 0 N–H and O–H groups in total. The number of hydrogen-bond acceptors (Lipinski definition) is 7. The largest absolute Gasteiger partial charge is 0.484 e. The first kappa shape index (κ1) is 21.6. The summed E-state index contributed by atoms with van der Waals surface area (Å²) in [6.07, 6.45) is 0. The molecule has 1 aromatic heterocycles. The summed E-state index contributed by atoms with van der Waals surface area (Å²) in [7, 11) is 2.15. The molecular weight excluding hydrogens is 416 g/mol. The zero-order valence-corrected chi connectivity index (χ0v) is 18.9. The van der Waals surface area contributed by atoms with Crippen LogP contribution in [0.1, 0.15) is 5.69 Å². The van der Waals surface area contributed by atoms with Crippen molar-refractivity contribution in [2.75, 3.05) is 75.8 Å². The van der Waals surface area contributed by atoms with Gasteiger partial charge in [-0.2, -0.15) is 4.98 Å². The minimum absolute atomic E-state index is 0.0158. The number of carbonyl (C=O) groups excluding carboxylic acids is 1. The molecule has 0 bridgehead atoms. The fraction of sp³-hybridized carbons (Fsp3) is 0.500. The first-order valence-corrected chi connectivity index (χ1v) is 11.1. The van der Waals surface area contributed by atoms with Crippen molar-refractivity contribution in [1.82, 2.24) is 19.8 Å². The highest BCUT2D eigenvalue weighted by molar-refractivity contribution is 6.30. The molecule has 0 aliphatic carbocycles. The van der Waals surface area contributed by atoms with Gasteiger partial charge in [-0.1, -0.05) is 11.6 Å². The summed E-state index contributed by atoms with van der Waals surface area (Å²) in [5.41, 5.74) is 0.966. The van der Waals surface area contributed by atoms with Crippen LogP contribution in [0, 0.1) is 6.92 Å². The van der Waals surface area contributed by atoms with Gasteiger partial charge in [-0.05, 0) is 38.2 Å². The van der Waals surface area contributed by atoms with Gasteiger partial charge in [0.15, 0.2) is 6.61 Å². The molecule has 9 heteroatoms. The molecule has 2 aliphatic rings. The van der Waals surface area contributed by atoms with Gasteiger partial charge in [0.2, 0.25) is 5.95 Å². The van der Waals surface area contributed by atoms with E-state index in [2.05, 4.69) is 32.8 Å². The number of aromatic nitrogens is 2. The van der Waals surface area contributed by atoms with Crippen molar-refractivity contribution >= 4 is 29.3 Å². The number of rotatable bonds is 5. The molecule has 2 aromatic rings. The number of nitrogens with zero attached hydrogens (tertiary/aromatic N) is 6. The summed E-state index contributed by atoms with van der Waals surface area (Å²) in [6, 6.07) is 9.08. The second-order valence-corrected chi connectivity index (χ2v) is 8.50. The molecule has 0 saturated carbocycles. The van der Waals surface area contributed by atoms with Gasteiger partial charge < -0.3 is 24.3 Å². The van der Waals surface area contributed by atoms with Gasteiger partial charge in [-0.25, -0.2) is 4.98 Å². The first-order valence-electron chi connectivity index (χ1n) is 10.7. The van der Waals surface area contributed by atoms with Crippen LogP contribution in [0.3, 0.4) is 0 Å². The zero-order valence-electron chi connectivity index (χ0n) is 18.1. The fourth-order valence-electron chi connectivity index (χ4n) is 3.80. The lowest BCUT2D eigenvalue weighted by Gasteiger charge is -2.36. The number of ether oxygens (including phenoxy) is 1. The third-order valence-corrected chi connectivity index (χ3v) is 6.00. The van der Waals surface area contributed by atoms with E-state index in [0.29, 0.717) is 37.0 Å². The number of hydrogen-bond donors (Lipinski definition) is 0. The molecular formula is C22H29ClN6O2. The minimum Gasteiger partial charge on any atom is -0.484 e. The Morgan fingerprint density at radius 3 is 2.29 bits per heavy atom. The second-order valence-electron chi connectivity index (χ2n) is 8.07. The van der Waals surface area contributed by atoms with Gasteiger partial charge in [0, 0.05) is 69.1 Å². The quantitative estimate of drug-likeness (QED) is 0.698. The average molecular weight is 445 g/mol. The van der Waals surface area contributed by atoms with E-state index in [-0.39, 0.29) is 12.5 Å². The van der Waals surface area contributed by atoms with Crippen LogP contribution < -0.4 is 14.5 Å². The van der Waals surface area contributed by atoms with E-state index in [9.17, 15) is 4.79 Å². The number of aryl methyl sites for hydroxylation is 1. The van der Waals surface area contributed by atoms with Crippen molar-refractivity contribution in [3.05, 3.63) is 41.0 Å². The minimum atomic E-state index is -0.0158. The molecule has 0 atom stereocenters. The molecule has 3 heterocycles. The van der Waals surface area contributed by atoms with E-state index >= 15 is 0 Å². The van der Waals surface area contributed by atoms with Gasteiger partial charge in [-0.15, -0.1) is 0 Å². The lowest BCUT2D eigenvalue weighted by atomic mass is 10.3. The van der Waals surface area contributed by atoms with E-state index in [1.54, 1.807) is 24.3 Å². The van der Waals surface area contributed by atoms with Crippen molar-refractivity contribution in [2.45, 2.75) is 6.92 Å². The highest BCUT2D eigenvalue weighted by Crippen LogP contribution is 2.20. The number of amides is 1. The van der Waals surface area contributed by atoms with Crippen LogP contribution in [-0.4, -0.2) is 91.7 Å². The maximum Gasteiger partial charge on any atom is 0.260 e. The van der Waals surface area contributed by atoms with E-state index < -0.39 is 0 Å². The maximum atomic E-state index is 12.5. The number of likely N-dealkylation sites (N-methyl/N-ethyl adjacent to an activating group) is 1. The Hall–Kier alpha value is -2.58.